The molecule has 0 aliphatic heterocycles. The van der Waals surface area contributed by atoms with Crippen LogP contribution in [0.3, 0.4) is 0 Å². The fraction of sp³-hybridized carbons (Fsp3) is 0. The Morgan fingerprint density at radius 3 is 2.69 bits per heavy atom. The fourth-order valence-corrected chi connectivity index (χ4v) is 1.11. The van der Waals surface area contributed by atoms with Gasteiger partial charge in [0.25, 0.3) is 0 Å². The standard InChI is InChI=1S/C11H6FNO3/c12-10-4-7(1-2-11(15)16)3-8(5-13)9(10)6-14/h1-4,6H,(H,15,16)/b2-1+. The number of aldehydes is 1. The number of halogens is 1. The van der Waals surface area contributed by atoms with Crippen molar-refractivity contribution < 1.29 is 19.1 Å². The molecular weight excluding hydrogens is 213 g/mol. The van der Waals surface area contributed by atoms with Crippen molar-refractivity contribution in [2.24, 2.45) is 0 Å². The first-order chi connectivity index (χ1) is 7.58. The van der Waals surface area contributed by atoms with Crippen molar-refractivity contribution in [1.29, 1.82) is 5.26 Å². The molecule has 0 atom stereocenters. The van der Waals surface area contributed by atoms with Gasteiger partial charge in [-0.3, -0.25) is 4.79 Å². The predicted octanol–water partition coefficient (Wildman–Crippen LogP) is 1.61. The van der Waals surface area contributed by atoms with Crippen molar-refractivity contribution in [2.75, 3.05) is 0 Å². The van der Waals surface area contributed by atoms with Crippen LogP contribution in [0.4, 0.5) is 4.39 Å². The summed E-state index contributed by atoms with van der Waals surface area (Å²) >= 11 is 0. The lowest BCUT2D eigenvalue weighted by Gasteiger charge is -2.00. The van der Waals surface area contributed by atoms with Gasteiger partial charge in [0.05, 0.1) is 11.1 Å². The van der Waals surface area contributed by atoms with E-state index < -0.39 is 11.8 Å². The van der Waals surface area contributed by atoms with Crippen LogP contribution in [0.15, 0.2) is 18.2 Å². The van der Waals surface area contributed by atoms with Crippen molar-refractivity contribution in [3.63, 3.8) is 0 Å². The highest BCUT2D eigenvalue weighted by Gasteiger charge is 2.08. The number of nitriles is 1. The molecule has 80 valence electrons. The molecule has 5 heteroatoms. The van der Waals surface area contributed by atoms with Crippen molar-refractivity contribution in [3.05, 3.63) is 40.7 Å². The van der Waals surface area contributed by atoms with Gasteiger partial charge in [-0.25, -0.2) is 9.18 Å². The number of rotatable bonds is 3. The number of carboxylic acids is 1. The van der Waals surface area contributed by atoms with E-state index >= 15 is 0 Å². The quantitative estimate of drug-likeness (QED) is 0.618. The monoisotopic (exact) mass is 219 g/mol. The molecule has 0 aromatic heterocycles. The molecule has 1 aromatic rings. The lowest BCUT2D eigenvalue weighted by atomic mass is 10.0. The van der Waals surface area contributed by atoms with Crippen molar-refractivity contribution in [1.82, 2.24) is 0 Å². The van der Waals surface area contributed by atoms with E-state index in [-0.39, 0.29) is 23.0 Å². The largest absolute Gasteiger partial charge is 0.478 e. The second-order valence-corrected chi connectivity index (χ2v) is 2.87. The minimum Gasteiger partial charge on any atom is -0.478 e. The number of carbonyl (C=O) groups excluding carboxylic acids is 1. The summed E-state index contributed by atoms with van der Waals surface area (Å²) in [7, 11) is 0. The van der Waals surface area contributed by atoms with Gasteiger partial charge in [0, 0.05) is 6.08 Å². The molecule has 1 aromatic carbocycles. The molecule has 0 heterocycles. The van der Waals surface area contributed by atoms with Gasteiger partial charge >= 0.3 is 5.97 Å². The van der Waals surface area contributed by atoms with Crippen LogP contribution in [0, 0.1) is 17.1 Å². The first-order valence-electron chi connectivity index (χ1n) is 4.18. The zero-order valence-electron chi connectivity index (χ0n) is 7.98. The molecule has 0 spiro atoms. The Hall–Kier alpha value is -2.48. The Labute approximate surface area is 90.2 Å². The highest BCUT2D eigenvalue weighted by atomic mass is 19.1. The average Bonchev–Trinajstić information content (AvgIpc) is 2.25. The Balaban J connectivity index is 3.27. The van der Waals surface area contributed by atoms with E-state index in [2.05, 4.69) is 0 Å². The highest BCUT2D eigenvalue weighted by molar-refractivity contribution is 5.86. The van der Waals surface area contributed by atoms with Crippen LogP contribution in [-0.4, -0.2) is 17.4 Å². The van der Waals surface area contributed by atoms with Crippen LogP contribution >= 0.6 is 0 Å². The molecule has 0 radical (unpaired) electrons. The number of aliphatic carboxylic acids is 1. The van der Waals surface area contributed by atoms with E-state index in [4.69, 9.17) is 10.4 Å². The molecule has 0 amide bonds. The van der Waals surface area contributed by atoms with Gasteiger partial charge in [0.15, 0.2) is 6.29 Å². The third-order valence-electron chi connectivity index (χ3n) is 1.81. The van der Waals surface area contributed by atoms with Gasteiger partial charge in [-0.15, -0.1) is 0 Å². The first kappa shape index (κ1) is 11.6. The molecule has 0 saturated heterocycles. The van der Waals surface area contributed by atoms with E-state index in [0.717, 1.165) is 18.2 Å². The second-order valence-electron chi connectivity index (χ2n) is 2.87. The van der Waals surface area contributed by atoms with Crippen molar-refractivity contribution in [2.45, 2.75) is 0 Å². The van der Waals surface area contributed by atoms with Crippen LogP contribution in [0.1, 0.15) is 21.5 Å². The maximum absolute atomic E-state index is 13.3. The van der Waals surface area contributed by atoms with Crippen LogP contribution in [-0.2, 0) is 4.79 Å². The van der Waals surface area contributed by atoms with E-state index in [0.29, 0.717) is 0 Å². The molecule has 0 aliphatic rings. The van der Waals surface area contributed by atoms with Gasteiger partial charge in [0.2, 0.25) is 0 Å². The molecular formula is C11H6FNO3. The summed E-state index contributed by atoms with van der Waals surface area (Å²) in [6.45, 7) is 0. The van der Waals surface area contributed by atoms with Gasteiger partial charge in [-0.05, 0) is 23.8 Å². The molecule has 0 bridgehead atoms. The van der Waals surface area contributed by atoms with Gasteiger partial charge < -0.3 is 5.11 Å². The van der Waals surface area contributed by atoms with E-state index in [1.165, 1.54) is 6.07 Å². The SMILES string of the molecule is N#Cc1cc(/C=C/C(=O)O)cc(F)c1C=O. The molecule has 0 saturated carbocycles. The maximum Gasteiger partial charge on any atom is 0.328 e. The summed E-state index contributed by atoms with van der Waals surface area (Å²) in [5.74, 6) is -2.03. The molecule has 16 heavy (non-hydrogen) atoms. The Bertz CT molecular complexity index is 515. The Morgan fingerprint density at radius 1 is 1.50 bits per heavy atom. The fourth-order valence-electron chi connectivity index (χ4n) is 1.11. The summed E-state index contributed by atoms with van der Waals surface area (Å²) in [6, 6.07) is 3.90. The molecule has 4 nitrogen and oxygen atoms in total. The van der Waals surface area contributed by atoms with E-state index in [1.807, 2.05) is 0 Å². The molecule has 0 unspecified atom stereocenters. The zero-order valence-corrected chi connectivity index (χ0v) is 7.98. The van der Waals surface area contributed by atoms with Crippen molar-refractivity contribution >= 4 is 18.3 Å². The van der Waals surface area contributed by atoms with Gasteiger partial charge in [0.1, 0.15) is 11.9 Å². The summed E-state index contributed by atoms with van der Waals surface area (Å²) in [6.07, 6.45) is 2.20. The first-order valence-corrected chi connectivity index (χ1v) is 4.18. The summed E-state index contributed by atoms with van der Waals surface area (Å²) in [4.78, 5) is 20.7. The molecule has 1 N–H and O–H groups in total. The third kappa shape index (κ3) is 2.51. The maximum atomic E-state index is 13.3. The third-order valence-corrected chi connectivity index (χ3v) is 1.81. The molecule has 0 aliphatic carbocycles. The Morgan fingerprint density at radius 2 is 2.19 bits per heavy atom. The minimum absolute atomic E-state index is 0.125. The van der Waals surface area contributed by atoms with Gasteiger partial charge in [-0.1, -0.05) is 0 Å². The Kier molecular flexibility index (Phi) is 3.51. The number of carboxylic acid groups (broad SMARTS) is 1. The predicted molar refractivity (Wildman–Crippen MR) is 53.2 cm³/mol. The van der Waals surface area contributed by atoms with Crippen LogP contribution in [0.5, 0.6) is 0 Å². The van der Waals surface area contributed by atoms with E-state index in [1.54, 1.807) is 6.07 Å². The highest BCUT2D eigenvalue weighted by Crippen LogP contribution is 2.15. The zero-order chi connectivity index (χ0) is 12.1. The molecule has 1 rings (SSSR count). The minimum atomic E-state index is -1.18. The number of hydrogen-bond donors (Lipinski definition) is 1. The second kappa shape index (κ2) is 4.84. The number of carbonyl (C=O) groups is 2. The van der Waals surface area contributed by atoms with Crippen LogP contribution < -0.4 is 0 Å². The smallest absolute Gasteiger partial charge is 0.328 e. The lowest BCUT2D eigenvalue weighted by molar-refractivity contribution is -0.131. The van der Waals surface area contributed by atoms with Crippen LogP contribution in [0.25, 0.3) is 6.08 Å². The summed E-state index contributed by atoms with van der Waals surface area (Å²) in [5.41, 5.74) is -0.239. The van der Waals surface area contributed by atoms with E-state index in [9.17, 15) is 14.0 Å². The lowest BCUT2D eigenvalue weighted by Crippen LogP contribution is -1.95. The topological polar surface area (TPSA) is 78.2 Å². The van der Waals surface area contributed by atoms with Crippen molar-refractivity contribution in [3.8, 4) is 6.07 Å². The number of benzene rings is 1. The summed E-state index contributed by atoms with van der Waals surface area (Å²) < 4.78 is 13.3. The van der Waals surface area contributed by atoms with Crippen LogP contribution in [0.2, 0.25) is 0 Å². The number of hydrogen-bond acceptors (Lipinski definition) is 3. The number of nitrogens with zero attached hydrogens (tertiary/aromatic N) is 1. The van der Waals surface area contributed by atoms with Gasteiger partial charge in [-0.2, -0.15) is 5.26 Å². The average molecular weight is 219 g/mol. The molecule has 0 fully saturated rings. The summed E-state index contributed by atoms with van der Waals surface area (Å²) in [5, 5.41) is 17.0. The normalized spacial score (nSPS) is 10.0.